The van der Waals surface area contributed by atoms with Gasteiger partial charge in [0, 0.05) is 0 Å². The van der Waals surface area contributed by atoms with Gasteiger partial charge in [0.15, 0.2) is 0 Å². The van der Waals surface area contributed by atoms with Crippen LogP contribution in [0.15, 0.2) is 38.0 Å². The van der Waals surface area contributed by atoms with E-state index in [2.05, 4.69) is 38.8 Å². The fraction of sp³-hybridized carbons (Fsp3) is 0.400. The summed E-state index contributed by atoms with van der Waals surface area (Å²) in [5, 5.41) is 0. The summed E-state index contributed by atoms with van der Waals surface area (Å²) in [6, 6.07) is 0. The summed E-state index contributed by atoms with van der Waals surface area (Å²) in [4.78, 5) is 0. The molecule has 0 atom stereocenters. The summed E-state index contributed by atoms with van der Waals surface area (Å²) < 4.78 is 0. The van der Waals surface area contributed by atoms with Crippen molar-refractivity contribution in [2.45, 2.75) is 27.2 Å². The van der Waals surface area contributed by atoms with E-state index in [0.29, 0.717) is 0 Å². The smallest absolute Gasteiger partial charge is 0.0379 e. The molecule has 0 aromatic carbocycles. The van der Waals surface area contributed by atoms with Crippen LogP contribution in [0.4, 0.5) is 0 Å². The first kappa shape index (κ1) is 16.1. The lowest BCUT2D eigenvalue weighted by Crippen LogP contribution is -1.43. The first-order chi connectivity index (χ1) is 4.83. The first-order valence-electron chi connectivity index (χ1n) is 3.51. The summed E-state index contributed by atoms with van der Waals surface area (Å²) in [6.07, 6.45) is 7.09. The van der Waals surface area contributed by atoms with Crippen molar-refractivity contribution in [3.8, 4) is 0 Å². The molecule has 0 aromatic rings. The average molecular weight is 140 g/mol. The molecular formula is C10H20. The van der Waals surface area contributed by atoms with Crippen LogP contribution in [0.3, 0.4) is 0 Å². The van der Waals surface area contributed by atoms with Crippen LogP contribution in [0.25, 0.3) is 0 Å². The van der Waals surface area contributed by atoms with E-state index in [0.717, 1.165) is 6.42 Å². The molecule has 0 heteroatoms. The standard InChI is InChI=1S/C5H10.C3H6.C2H4/c1-3-5-4-2;1-3-2;1-2/h3,5H,4H2,1-2H3;3H,1H2,2H3;1-2H2. The van der Waals surface area contributed by atoms with Crippen molar-refractivity contribution in [1.29, 1.82) is 0 Å². The quantitative estimate of drug-likeness (QED) is 0.483. The van der Waals surface area contributed by atoms with E-state index in [1.54, 1.807) is 6.08 Å². The maximum Gasteiger partial charge on any atom is -0.0379 e. The van der Waals surface area contributed by atoms with Crippen LogP contribution in [0, 0.1) is 0 Å². The molecule has 0 amide bonds. The molecule has 0 radical (unpaired) electrons. The van der Waals surface area contributed by atoms with Gasteiger partial charge in [-0.3, -0.25) is 0 Å². The summed E-state index contributed by atoms with van der Waals surface area (Å²) in [6.45, 7) is 15.4. The number of hydrogen-bond donors (Lipinski definition) is 0. The Morgan fingerprint density at radius 1 is 1.20 bits per heavy atom. The van der Waals surface area contributed by atoms with Crippen LogP contribution in [-0.2, 0) is 0 Å². The Morgan fingerprint density at radius 2 is 1.50 bits per heavy atom. The van der Waals surface area contributed by atoms with E-state index in [1.807, 2.05) is 13.8 Å². The molecule has 10 heavy (non-hydrogen) atoms. The van der Waals surface area contributed by atoms with Gasteiger partial charge in [0.1, 0.15) is 0 Å². The summed E-state index contributed by atoms with van der Waals surface area (Å²) in [5.74, 6) is 0. The largest absolute Gasteiger partial charge is 0.106 e. The second kappa shape index (κ2) is 41.3. The minimum Gasteiger partial charge on any atom is -0.106 e. The SMILES string of the molecule is C=C.C=CC.CC=CCC. The van der Waals surface area contributed by atoms with E-state index in [-0.39, 0.29) is 0 Å². The molecule has 0 aliphatic carbocycles. The van der Waals surface area contributed by atoms with Crippen molar-refractivity contribution in [2.75, 3.05) is 0 Å². The van der Waals surface area contributed by atoms with E-state index in [1.165, 1.54) is 0 Å². The zero-order valence-electron chi connectivity index (χ0n) is 7.56. The van der Waals surface area contributed by atoms with Crippen molar-refractivity contribution in [3.05, 3.63) is 38.0 Å². The third-order valence-electron chi connectivity index (χ3n) is 0.471. The lowest BCUT2D eigenvalue weighted by molar-refractivity contribution is 1.22. The van der Waals surface area contributed by atoms with Gasteiger partial charge >= 0.3 is 0 Å². The molecule has 0 spiro atoms. The molecule has 0 bridgehead atoms. The number of rotatable bonds is 1. The lowest BCUT2D eigenvalue weighted by Gasteiger charge is -1.65. The van der Waals surface area contributed by atoms with Gasteiger partial charge in [0.25, 0.3) is 0 Å². The monoisotopic (exact) mass is 140 g/mol. The molecule has 0 N–H and O–H groups in total. The highest BCUT2D eigenvalue weighted by atomic mass is 13.6. The molecule has 0 heterocycles. The van der Waals surface area contributed by atoms with Crippen molar-refractivity contribution < 1.29 is 0 Å². The average Bonchev–Trinajstić information content (AvgIpc) is 1.96. The van der Waals surface area contributed by atoms with Crippen LogP contribution in [-0.4, -0.2) is 0 Å². The Bertz CT molecular complexity index is 60.4. The topological polar surface area (TPSA) is 0 Å². The maximum atomic E-state index is 3.36. The predicted molar refractivity (Wildman–Crippen MR) is 52.2 cm³/mol. The summed E-state index contributed by atoms with van der Waals surface area (Å²) >= 11 is 0. The molecule has 60 valence electrons. The minimum absolute atomic E-state index is 1.16. The van der Waals surface area contributed by atoms with Crippen molar-refractivity contribution in [3.63, 3.8) is 0 Å². The van der Waals surface area contributed by atoms with E-state index in [4.69, 9.17) is 0 Å². The van der Waals surface area contributed by atoms with Gasteiger partial charge in [-0.2, -0.15) is 0 Å². The van der Waals surface area contributed by atoms with Crippen LogP contribution < -0.4 is 0 Å². The highest BCUT2D eigenvalue weighted by Crippen LogP contribution is 1.73. The van der Waals surface area contributed by atoms with Crippen molar-refractivity contribution in [2.24, 2.45) is 0 Å². The molecule has 0 aliphatic heterocycles. The number of hydrogen-bond acceptors (Lipinski definition) is 0. The number of allylic oxidation sites excluding steroid dienone is 3. The normalized spacial score (nSPS) is 6.70. The molecule has 0 fully saturated rings. The Hall–Kier alpha value is -0.780. The van der Waals surface area contributed by atoms with Crippen LogP contribution >= 0.6 is 0 Å². The third kappa shape index (κ3) is 188. The molecular weight excluding hydrogens is 120 g/mol. The van der Waals surface area contributed by atoms with Crippen molar-refractivity contribution >= 4 is 0 Å². The fourth-order valence-corrected chi connectivity index (χ4v) is 0.236. The highest BCUT2D eigenvalue weighted by Gasteiger charge is 1.52. The van der Waals surface area contributed by atoms with Gasteiger partial charge in [-0.1, -0.05) is 25.2 Å². The first-order valence-corrected chi connectivity index (χ1v) is 3.51. The molecule has 0 rings (SSSR count). The summed E-state index contributed by atoms with van der Waals surface area (Å²) in [7, 11) is 0. The van der Waals surface area contributed by atoms with Gasteiger partial charge in [-0.25, -0.2) is 0 Å². The van der Waals surface area contributed by atoms with Gasteiger partial charge < -0.3 is 0 Å². The fourth-order valence-electron chi connectivity index (χ4n) is 0.236. The molecule has 0 unspecified atom stereocenters. The molecule has 0 saturated heterocycles. The Labute approximate surface area is 66.0 Å². The molecule has 0 saturated carbocycles. The van der Waals surface area contributed by atoms with E-state index in [9.17, 15) is 0 Å². The second-order valence-corrected chi connectivity index (χ2v) is 1.39. The van der Waals surface area contributed by atoms with Crippen LogP contribution in [0.1, 0.15) is 27.2 Å². The zero-order chi connectivity index (χ0) is 8.83. The zero-order valence-corrected chi connectivity index (χ0v) is 7.56. The van der Waals surface area contributed by atoms with Gasteiger partial charge in [0.05, 0.1) is 0 Å². The Kier molecular flexibility index (Phi) is 66.5. The van der Waals surface area contributed by atoms with Gasteiger partial charge in [-0.15, -0.1) is 19.7 Å². The second-order valence-electron chi connectivity index (χ2n) is 1.39. The summed E-state index contributed by atoms with van der Waals surface area (Å²) in [5.41, 5.74) is 0. The molecule has 0 nitrogen and oxygen atoms in total. The van der Waals surface area contributed by atoms with Gasteiger partial charge in [0.2, 0.25) is 0 Å². The highest BCUT2D eigenvalue weighted by molar-refractivity contribution is 4.73. The minimum atomic E-state index is 1.16. The van der Waals surface area contributed by atoms with Crippen molar-refractivity contribution in [1.82, 2.24) is 0 Å². The Balaban J connectivity index is -0.0000000847. The third-order valence-corrected chi connectivity index (χ3v) is 0.471. The maximum absolute atomic E-state index is 3.36. The van der Waals surface area contributed by atoms with E-state index < -0.39 is 0 Å². The predicted octanol–water partition coefficient (Wildman–Crippen LogP) is 3.97. The van der Waals surface area contributed by atoms with E-state index >= 15 is 0 Å². The van der Waals surface area contributed by atoms with Crippen LogP contribution in [0.5, 0.6) is 0 Å². The lowest BCUT2D eigenvalue weighted by atomic mass is 10.4. The molecule has 0 aliphatic rings. The van der Waals surface area contributed by atoms with Gasteiger partial charge in [-0.05, 0) is 20.3 Å². The van der Waals surface area contributed by atoms with Crippen LogP contribution in [0.2, 0.25) is 0 Å². The molecule has 0 aromatic heterocycles. The Morgan fingerprint density at radius 3 is 1.50 bits per heavy atom.